The molecule has 0 saturated carbocycles. The monoisotopic (exact) mass is 470 g/mol. The van der Waals surface area contributed by atoms with Crippen molar-refractivity contribution in [1.29, 1.82) is 0 Å². The number of aliphatic imine (C=N–C) groups is 1. The van der Waals surface area contributed by atoms with Crippen LogP contribution in [0.15, 0.2) is 34.2 Å². The van der Waals surface area contributed by atoms with Crippen LogP contribution in [0.5, 0.6) is 0 Å². The lowest BCUT2D eigenvalue weighted by Gasteiger charge is -2.22. The van der Waals surface area contributed by atoms with Gasteiger partial charge in [-0.25, -0.2) is 17.9 Å². The molecule has 0 heterocycles. The molecular formula is C20H30N4O7S. The number of carboxylic acids is 1. The molecule has 12 heteroatoms. The lowest BCUT2D eigenvalue weighted by molar-refractivity contribution is -0.140. The van der Waals surface area contributed by atoms with E-state index in [0.29, 0.717) is 0 Å². The quantitative estimate of drug-likeness (QED) is 0.171. The molecule has 1 aromatic carbocycles. The number of amides is 1. The highest BCUT2D eigenvalue weighted by molar-refractivity contribution is 7.90. The van der Waals surface area contributed by atoms with Crippen LogP contribution in [-0.4, -0.2) is 55.5 Å². The van der Waals surface area contributed by atoms with Crippen molar-refractivity contribution in [2.45, 2.75) is 63.5 Å². The number of guanidine groups is 1. The van der Waals surface area contributed by atoms with Crippen LogP contribution in [0.25, 0.3) is 0 Å². The number of aliphatic carboxylic acids is 1. The molecular weight excluding hydrogens is 440 g/mol. The van der Waals surface area contributed by atoms with E-state index in [1.54, 1.807) is 32.9 Å². The lowest BCUT2D eigenvalue weighted by Crippen LogP contribution is -2.44. The van der Waals surface area contributed by atoms with E-state index in [4.69, 9.17) is 15.6 Å². The molecule has 0 spiro atoms. The molecule has 0 fully saturated rings. The molecule has 1 unspecified atom stereocenters. The molecule has 178 valence electrons. The molecule has 0 aliphatic heterocycles. The topological polar surface area (TPSA) is 177 Å². The van der Waals surface area contributed by atoms with Gasteiger partial charge in [0.1, 0.15) is 12.0 Å². The maximum atomic E-state index is 12.3. The number of ether oxygens (including phenoxy) is 1. The minimum Gasteiger partial charge on any atom is -0.481 e. The summed E-state index contributed by atoms with van der Waals surface area (Å²) >= 11 is 0. The highest BCUT2D eigenvalue weighted by Crippen LogP contribution is 2.10. The fourth-order valence-corrected chi connectivity index (χ4v) is 3.43. The summed E-state index contributed by atoms with van der Waals surface area (Å²) in [5, 5.41) is 11.2. The second kappa shape index (κ2) is 11.5. The molecule has 5 N–H and O–H groups in total. The van der Waals surface area contributed by atoms with Gasteiger partial charge in [-0.15, -0.1) is 0 Å². The summed E-state index contributed by atoms with van der Waals surface area (Å²) in [7, 11) is -3.89. The summed E-state index contributed by atoms with van der Waals surface area (Å²) in [5.41, 5.74) is 5.75. The number of nitrogens with one attached hydrogen (secondary N) is 2. The maximum Gasteiger partial charge on any atom is 0.408 e. The van der Waals surface area contributed by atoms with Crippen LogP contribution in [0.4, 0.5) is 4.79 Å². The minimum atomic E-state index is -3.89. The average Bonchev–Trinajstić information content (AvgIpc) is 2.62. The number of carbonyl (C=O) groups excluding carboxylic acids is 2. The number of carbonyl (C=O) groups is 3. The number of rotatable bonds is 10. The van der Waals surface area contributed by atoms with E-state index in [9.17, 15) is 22.8 Å². The van der Waals surface area contributed by atoms with Gasteiger partial charge in [0.05, 0.1) is 10.9 Å². The van der Waals surface area contributed by atoms with Gasteiger partial charge in [0.25, 0.3) is 10.0 Å². The van der Waals surface area contributed by atoms with E-state index in [1.807, 2.05) is 6.92 Å². The van der Waals surface area contributed by atoms with Crippen molar-refractivity contribution in [3.63, 3.8) is 0 Å². The second-order valence-corrected chi connectivity index (χ2v) is 9.75. The van der Waals surface area contributed by atoms with Gasteiger partial charge < -0.3 is 20.9 Å². The lowest BCUT2D eigenvalue weighted by atomic mass is 10.0. The summed E-state index contributed by atoms with van der Waals surface area (Å²) in [6.45, 7) is 6.81. The molecule has 0 aliphatic carbocycles. The first-order chi connectivity index (χ1) is 14.7. The summed E-state index contributed by atoms with van der Waals surface area (Å²) in [4.78, 5) is 38.9. The Morgan fingerprint density at radius 1 is 1.19 bits per heavy atom. The predicted molar refractivity (Wildman–Crippen MR) is 118 cm³/mol. The van der Waals surface area contributed by atoms with Crippen molar-refractivity contribution in [1.82, 2.24) is 10.0 Å². The third-order valence-electron chi connectivity index (χ3n) is 3.91. The molecule has 0 radical (unpaired) electrons. The number of sulfonamides is 1. The normalized spacial score (nSPS) is 13.2. The summed E-state index contributed by atoms with van der Waals surface area (Å²) in [6, 6.07) is 5.07. The Morgan fingerprint density at radius 3 is 2.31 bits per heavy atom. The van der Waals surface area contributed by atoms with E-state index < -0.39 is 45.9 Å². The summed E-state index contributed by atoms with van der Waals surface area (Å²) < 4.78 is 31.8. The zero-order valence-electron chi connectivity index (χ0n) is 18.5. The fourth-order valence-electron chi connectivity index (χ4n) is 2.48. The smallest absolute Gasteiger partial charge is 0.408 e. The largest absolute Gasteiger partial charge is 0.481 e. The van der Waals surface area contributed by atoms with Crippen molar-refractivity contribution in [2.24, 2.45) is 10.7 Å². The van der Waals surface area contributed by atoms with Crippen molar-refractivity contribution in [3.8, 4) is 0 Å². The summed E-state index contributed by atoms with van der Waals surface area (Å²) in [5.74, 6) is -2.35. The van der Waals surface area contributed by atoms with Gasteiger partial charge in [-0.2, -0.15) is 0 Å². The van der Waals surface area contributed by atoms with E-state index in [2.05, 4.69) is 15.0 Å². The Bertz CT molecular complexity index is 951. The number of benzene rings is 1. The van der Waals surface area contributed by atoms with Gasteiger partial charge in [-0.1, -0.05) is 17.7 Å². The van der Waals surface area contributed by atoms with Gasteiger partial charge >= 0.3 is 12.1 Å². The number of Topliss-reactive ketones (excluding diaryl/α,β-unsaturated/α-hetero) is 1. The van der Waals surface area contributed by atoms with Crippen LogP contribution in [0.3, 0.4) is 0 Å². The van der Waals surface area contributed by atoms with Crippen molar-refractivity contribution in [2.75, 3.05) is 6.54 Å². The van der Waals surface area contributed by atoms with Crippen LogP contribution in [0.2, 0.25) is 0 Å². The molecule has 32 heavy (non-hydrogen) atoms. The van der Waals surface area contributed by atoms with Gasteiger partial charge in [-0.3, -0.25) is 14.6 Å². The molecule has 0 aliphatic rings. The van der Waals surface area contributed by atoms with E-state index in [-0.39, 0.29) is 30.2 Å². The highest BCUT2D eigenvalue weighted by Gasteiger charge is 2.25. The number of carboxylic acid groups (broad SMARTS) is 1. The van der Waals surface area contributed by atoms with Gasteiger partial charge in [0.15, 0.2) is 5.78 Å². The first-order valence-corrected chi connectivity index (χ1v) is 11.3. The zero-order chi connectivity index (χ0) is 24.5. The molecule has 1 aromatic rings. The Hall–Kier alpha value is -3.15. The van der Waals surface area contributed by atoms with Crippen molar-refractivity contribution >= 4 is 33.8 Å². The first kappa shape index (κ1) is 26.9. The van der Waals surface area contributed by atoms with E-state index >= 15 is 0 Å². The Morgan fingerprint density at radius 2 is 1.78 bits per heavy atom. The predicted octanol–water partition coefficient (Wildman–Crippen LogP) is 1.31. The number of nitrogens with zero attached hydrogens (tertiary/aromatic N) is 1. The van der Waals surface area contributed by atoms with Crippen LogP contribution in [0, 0.1) is 6.92 Å². The molecule has 0 aromatic heterocycles. The number of hydrogen-bond donors (Lipinski definition) is 4. The Labute approximate surface area is 187 Å². The average molecular weight is 471 g/mol. The molecule has 0 bridgehead atoms. The van der Waals surface area contributed by atoms with Crippen LogP contribution in [-0.2, 0) is 24.3 Å². The van der Waals surface area contributed by atoms with E-state index in [0.717, 1.165) is 5.56 Å². The highest BCUT2D eigenvalue weighted by atomic mass is 32.2. The van der Waals surface area contributed by atoms with Crippen LogP contribution < -0.4 is 15.8 Å². The van der Waals surface area contributed by atoms with Crippen molar-refractivity contribution in [3.05, 3.63) is 29.8 Å². The Balaban J connectivity index is 2.69. The third kappa shape index (κ3) is 10.2. The molecule has 0 saturated heterocycles. The standard InChI is InChI=1S/C20H30N4O7S/c1-13-7-9-14(10-8-13)32(29,30)24-18(21)22-11-5-6-15(16(25)12-17(26)27)23-19(28)31-20(2,3)4/h7-10,15H,5-6,11-12H2,1-4H3,(H,23,28)(H,26,27)(H3,21,22,24). The maximum absolute atomic E-state index is 12.3. The number of hydrogen-bond acceptors (Lipinski definition) is 7. The van der Waals surface area contributed by atoms with Crippen molar-refractivity contribution < 1.29 is 32.6 Å². The minimum absolute atomic E-state index is 0.0298. The SMILES string of the molecule is Cc1ccc(S(=O)(=O)NC(N)=NCCCC(NC(=O)OC(C)(C)C)C(=O)CC(=O)O)cc1. The molecule has 1 amide bonds. The number of alkyl carbamates (subject to hydrolysis) is 1. The summed E-state index contributed by atoms with van der Waals surface area (Å²) in [6.07, 6.45) is -1.33. The Kier molecular flexibility index (Phi) is 9.63. The van der Waals surface area contributed by atoms with Gasteiger partial charge in [0.2, 0.25) is 5.96 Å². The number of aryl methyl sites for hydroxylation is 1. The zero-order valence-corrected chi connectivity index (χ0v) is 19.4. The molecule has 11 nitrogen and oxygen atoms in total. The molecule has 1 atom stereocenters. The first-order valence-electron chi connectivity index (χ1n) is 9.83. The molecule has 1 rings (SSSR count). The number of nitrogens with two attached hydrogens (primary N) is 1. The van der Waals surface area contributed by atoms with Crippen LogP contribution in [0.1, 0.15) is 45.6 Å². The fraction of sp³-hybridized carbons (Fsp3) is 0.500. The van der Waals surface area contributed by atoms with Gasteiger partial charge in [-0.05, 0) is 52.7 Å². The second-order valence-electron chi connectivity index (χ2n) is 8.06. The van der Waals surface area contributed by atoms with Crippen LogP contribution >= 0.6 is 0 Å². The van der Waals surface area contributed by atoms with Gasteiger partial charge in [0, 0.05) is 6.54 Å². The van der Waals surface area contributed by atoms with E-state index in [1.165, 1.54) is 12.1 Å². The third-order valence-corrected chi connectivity index (χ3v) is 5.28. The number of ketones is 1.